The Morgan fingerprint density at radius 3 is 2.34 bits per heavy atom. The van der Waals surface area contributed by atoms with Gasteiger partial charge in [-0.2, -0.15) is 5.06 Å². The van der Waals surface area contributed by atoms with E-state index in [0.29, 0.717) is 17.2 Å². The zero-order valence-electron chi connectivity index (χ0n) is 17.4. The van der Waals surface area contributed by atoms with Crippen LogP contribution in [0, 0.1) is 0 Å². The summed E-state index contributed by atoms with van der Waals surface area (Å²) in [5, 5.41) is 1.18. The van der Waals surface area contributed by atoms with E-state index in [9.17, 15) is 4.79 Å². The van der Waals surface area contributed by atoms with Crippen molar-refractivity contribution in [3.63, 3.8) is 0 Å². The van der Waals surface area contributed by atoms with Gasteiger partial charge in [0, 0.05) is 20.3 Å². The second kappa shape index (κ2) is 12.1. The monoisotopic (exact) mass is 403 g/mol. The molecule has 158 valence electrons. The van der Waals surface area contributed by atoms with Gasteiger partial charge in [-0.3, -0.25) is 4.84 Å². The SMILES string of the molecule is CCCC(C)ON(C(=O)Oc1cccc(OCC(OC)OC)c1)c1ccccc1. The number of rotatable bonds is 11. The molecule has 7 heteroatoms. The highest BCUT2D eigenvalue weighted by atomic mass is 16.7. The summed E-state index contributed by atoms with van der Waals surface area (Å²) in [4.78, 5) is 18.7. The number of nitrogens with zero attached hydrogens (tertiary/aromatic N) is 1. The van der Waals surface area contributed by atoms with E-state index in [0.717, 1.165) is 12.8 Å². The van der Waals surface area contributed by atoms with Crippen molar-refractivity contribution >= 4 is 11.8 Å². The molecule has 0 heterocycles. The number of hydroxylamine groups is 1. The molecule has 1 unspecified atom stereocenters. The van der Waals surface area contributed by atoms with Crippen molar-refractivity contribution in [1.82, 2.24) is 0 Å². The Morgan fingerprint density at radius 1 is 1.00 bits per heavy atom. The van der Waals surface area contributed by atoms with Crippen molar-refractivity contribution in [2.75, 3.05) is 25.9 Å². The summed E-state index contributed by atoms with van der Waals surface area (Å²) in [7, 11) is 3.07. The smallest absolute Gasteiger partial charge is 0.444 e. The average molecular weight is 403 g/mol. The molecule has 0 fully saturated rings. The molecule has 0 N–H and O–H groups in total. The van der Waals surface area contributed by atoms with Gasteiger partial charge < -0.3 is 18.9 Å². The lowest BCUT2D eigenvalue weighted by Crippen LogP contribution is -2.36. The molecule has 0 saturated heterocycles. The van der Waals surface area contributed by atoms with Crippen molar-refractivity contribution in [3.8, 4) is 11.5 Å². The van der Waals surface area contributed by atoms with Gasteiger partial charge in [0.05, 0.1) is 11.8 Å². The van der Waals surface area contributed by atoms with Crippen LogP contribution >= 0.6 is 0 Å². The first-order valence-electron chi connectivity index (χ1n) is 9.59. The van der Waals surface area contributed by atoms with Crippen LogP contribution in [0.5, 0.6) is 11.5 Å². The highest BCUT2D eigenvalue weighted by Gasteiger charge is 2.22. The molecule has 2 rings (SSSR count). The minimum Gasteiger partial charge on any atom is -0.488 e. The first kappa shape index (κ1) is 22.7. The van der Waals surface area contributed by atoms with Crippen LogP contribution in [-0.2, 0) is 14.3 Å². The molecule has 0 aliphatic carbocycles. The van der Waals surface area contributed by atoms with Gasteiger partial charge in [0.2, 0.25) is 0 Å². The zero-order valence-corrected chi connectivity index (χ0v) is 17.4. The fraction of sp³-hybridized carbons (Fsp3) is 0.409. The number of anilines is 1. The number of hydrogen-bond acceptors (Lipinski definition) is 6. The van der Waals surface area contributed by atoms with Gasteiger partial charge in [0.25, 0.3) is 0 Å². The van der Waals surface area contributed by atoms with Gasteiger partial charge in [-0.25, -0.2) is 4.79 Å². The molecule has 7 nitrogen and oxygen atoms in total. The maximum atomic E-state index is 12.8. The first-order valence-corrected chi connectivity index (χ1v) is 9.59. The third-order valence-electron chi connectivity index (χ3n) is 4.06. The zero-order chi connectivity index (χ0) is 21.1. The van der Waals surface area contributed by atoms with Crippen molar-refractivity contribution < 1.29 is 28.6 Å². The fourth-order valence-electron chi connectivity index (χ4n) is 2.58. The van der Waals surface area contributed by atoms with Gasteiger partial charge in [-0.15, -0.1) is 0 Å². The summed E-state index contributed by atoms with van der Waals surface area (Å²) in [5.41, 5.74) is 0.593. The molecule has 0 saturated carbocycles. The van der Waals surface area contributed by atoms with Crippen LogP contribution in [-0.4, -0.2) is 39.3 Å². The van der Waals surface area contributed by atoms with E-state index in [-0.39, 0.29) is 12.7 Å². The van der Waals surface area contributed by atoms with E-state index in [1.54, 1.807) is 36.4 Å². The van der Waals surface area contributed by atoms with E-state index in [2.05, 4.69) is 6.92 Å². The molecule has 0 aliphatic heterocycles. The molecule has 0 spiro atoms. The summed E-state index contributed by atoms with van der Waals surface area (Å²) < 4.78 is 21.4. The van der Waals surface area contributed by atoms with Gasteiger partial charge in [0.1, 0.15) is 18.1 Å². The quantitative estimate of drug-likeness (QED) is 0.396. The topological polar surface area (TPSA) is 66.5 Å². The Hall–Kier alpha value is -2.61. The standard InChI is InChI=1S/C22H29NO6/c1-5-10-17(2)29-23(18-11-7-6-8-12-18)22(24)28-20-14-9-13-19(15-20)27-16-21(25-3)26-4/h6-9,11-15,17,21H,5,10,16H2,1-4H3. The molecule has 0 bridgehead atoms. The summed E-state index contributed by atoms with van der Waals surface area (Å²) in [6, 6.07) is 15.9. The third kappa shape index (κ3) is 7.38. The van der Waals surface area contributed by atoms with Crippen LogP contribution in [0.2, 0.25) is 0 Å². The minimum atomic E-state index is -0.636. The number of benzene rings is 2. The number of hydrogen-bond donors (Lipinski definition) is 0. The van der Waals surface area contributed by atoms with E-state index in [1.165, 1.54) is 19.3 Å². The van der Waals surface area contributed by atoms with Crippen LogP contribution in [0.1, 0.15) is 26.7 Å². The van der Waals surface area contributed by atoms with Gasteiger partial charge in [-0.05, 0) is 37.6 Å². The van der Waals surface area contributed by atoms with Gasteiger partial charge >= 0.3 is 6.09 Å². The first-order chi connectivity index (χ1) is 14.1. The largest absolute Gasteiger partial charge is 0.488 e. The number of ether oxygens (including phenoxy) is 4. The molecular formula is C22H29NO6. The van der Waals surface area contributed by atoms with Crippen LogP contribution in [0.25, 0.3) is 0 Å². The summed E-state index contributed by atoms with van der Waals surface area (Å²) in [6.45, 7) is 4.19. The number of para-hydroxylation sites is 1. The lowest BCUT2D eigenvalue weighted by atomic mass is 10.2. The Kier molecular flexibility index (Phi) is 9.43. The highest BCUT2D eigenvalue weighted by molar-refractivity contribution is 5.87. The predicted molar refractivity (Wildman–Crippen MR) is 110 cm³/mol. The Balaban J connectivity index is 2.09. The van der Waals surface area contributed by atoms with Crippen LogP contribution in [0.15, 0.2) is 54.6 Å². The molecule has 0 aliphatic rings. The second-order valence-electron chi connectivity index (χ2n) is 6.39. The Morgan fingerprint density at radius 2 is 1.69 bits per heavy atom. The van der Waals surface area contributed by atoms with E-state index < -0.39 is 12.4 Å². The van der Waals surface area contributed by atoms with Gasteiger partial charge in [-0.1, -0.05) is 37.6 Å². The second-order valence-corrected chi connectivity index (χ2v) is 6.39. The molecular weight excluding hydrogens is 374 g/mol. The predicted octanol–water partition coefficient (Wildman–Crippen LogP) is 4.81. The lowest BCUT2D eigenvalue weighted by molar-refractivity contribution is -0.121. The summed E-state index contributed by atoms with van der Waals surface area (Å²) in [6.07, 6.45) is 0.510. The fourth-order valence-corrected chi connectivity index (χ4v) is 2.58. The van der Waals surface area contributed by atoms with E-state index in [1.807, 2.05) is 25.1 Å². The van der Waals surface area contributed by atoms with Crippen molar-refractivity contribution in [2.45, 2.75) is 39.1 Å². The maximum absolute atomic E-state index is 12.8. The molecule has 2 aromatic carbocycles. The van der Waals surface area contributed by atoms with Crippen molar-refractivity contribution in [3.05, 3.63) is 54.6 Å². The third-order valence-corrected chi connectivity index (χ3v) is 4.06. The summed E-state index contributed by atoms with van der Waals surface area (Å²) in [5.74, 6) is 0.868. The van der Waals surface area contributed by atoms with E-state index in [4.69, 9.17) is 23.8 Å². The molecule has 1 atom stereocenters. The molecule has 29 heavy (non-hydrogen) atoms. The Labute approximate surface area is 172 Å². The molecule has 2 aromatic rings. The number of carbonyl (C=O) groups excluding carboxylic acids is 1. The van der Waals surface area contributed by atoms with E-state index >= 15 is 0 Å². The van der Waals surface area contributed by atoms with Crippen LogP contribution < -0.4 is 14.5 Å². The van der Waals surface area contributed by atoms with Crippen LogP contribution in [0.3, 0.4) is 0 Å². The maximum Gasteiger partial charge on any atom is 0.444 e. The lowest BCUT2D eigenvalue weighted by Gasteiger charge is -2.24. The molecule has 0 radical (unpaired) electrons. The van der Waals surface area contributed by atoms with Crippen molar-refractivity contribution in [1.29, 1.82) is 0 Å². The number of methoxy groups -OCH3 is 2. The summed E-state index contributed by atoms with van der Waals surface area (Å²) >= 11 is 0. The van der Waals surface area contributed by atoms with Gasteiger partial charge in [0.15, 0.2) is 6.29 Å². The number of amides is 1. The highest BCUT2D eigenvalue weighted by Crippen LogP contribution is 2.23. The van der Waals surface area contributed by atoms with Crippen LogP contribution in [0.4, 0.5) is 10.5 Å². The normalized spacial score (nSPS) is 11.9. The molecule has 1 amide bonds. The Bertz CT molecular complexity index is 735. The molecule has 0 aromatic heterocycles. The van der Waals surface area contributed by atoms with Crippen molar-refractivity contribution in [2.24, 2.45) is 0 Å². The number of carbonyl (C=O) groups is 1. The minimum absolute atomic E-state index is 0.137. The average Bonchev–Trinajstić information content (AvgIpc) is 2.74.